The van der Waals surface area contributed by atoms with Crippen molar-refractivity contribution in [2.45, 2.75) is 13.1 Å². The third-order valence-corrected chi connectivity index (χ3v) is 4.94. The van der Waals surface area contributed by atoms with Gasteiger partial charge in [-0.25, -0.2) is 0 Å². The molecule has 0 atom stereocenters. The van der Waals surface area contributed by atoms with Gasteiger partial charge in [-0.15, -0.1) is 0 Å². The number of carbonyl (C=O) groups excluding carboxylic acids is 1. The molecule has 0 spiro atoms. The van der Waals surface area contributed by atoms with E-state index in [4.69, 9.17) is 21.1 Å². The normalized spacial score (nSPS) is 11.3. The van der Waals surface area contributed by atoms with E-state index >= 15 is 0 Å². The number of hydrogen-bond acceptors (Lipinski definition) is 7. The molecule has 37 heavy (non-hydrogen) atoms. The van der Waals surface area contributed by atoms with Crippen molar-refractivity contribution >= 4 is 40.8 Å². The minimum Gasteiger partial charge on any atom is -0.490 e. The van der Waals surface area contributed by atoms with E-state index < -0.39 is 28.3 Å². The molecule has 1 amide bonds. The number of rotatable bonds is 10. The first-order valence-electron chi connectivity index (χ1n) is 10.7. The predicted octanol–water partition coefficient (Wildman–Crippen LogP) is 6.13. The van der Waals surface area contributed by atoms with Gasteiger partial charge in [0, 0.05) is 11.8 Å². The lowest BCUT2D eigenvalue weighted by Crippen LogP contribution is -2.20. The zero-order chi connectivity index (χ0) is 27.0. The molecule has 194 valence electrons. The third kappa shape index (κ3) is 7.58. The molecule has 3 aromatic rings. The predicted molar refractivity (Wildman–Crippen MR) is 133 cm³/mol. The average molecular weight is 537 g/mol. The molecule has 3 aromatic carbocycles. The van der Waals surface area contributed by atoms with Crippen LogP contribution >= 0.6 is 11.6 Å². The van der Waals surface area contributed by atoms with E-state index in [1.807, 2.05) is 6.07 Å². The molecule has 2 N–H and O–H groups in total. The maximum absolute atomic E-state index is 12.9. The number of hydrazone groups is 1. The molecule has 0 saturated heterocycles. The number of alkyl halides is 3. The lowest BCUT2D eigenvalue weighted by atomic mass is 10.1. The highest BCUT2D eigenvalue weighted by Crippen LogP contribution is 2.37. The minimum atomic E-state index is -4.73. The van der Waals surface area contributed by atoms with Gasteiger partial charge in [-0.1, -0.05) is 29.8 Å². The SMILES string of the molecule is CCOc1cc(/C=N\Nc2ccc(C(F)(F)F)cc2[N+](=O)[O-])cc(Cl)c1OCC(=O)Nc1ccccc1. The molecule has 0 radical (unpaired) electrons. The number of halogens is 4. The summed E-state index contributed by atoms with van der Waals surface area (Å²) in [6, 6.07) is 13.8. The first-order valence-corrected chi connectivity index (χ1v) is 11.0. The van der Waals surface area contributed by atoms with Crippen molar-refractivity contribution in [3.8, 4) is 11.5 Å². The van der Waals surface area contributed by atoms with Crippen LogP contribution in [-0.2, 0) is 11.0 Å². The van der Waals surface area contributed by atoms with Crippen molar-refractivity contribution in [1.29, 1.82) is 0 Å². The Kier molecular flexibility index (Phi) is 8.90. The van der Waals surface area contributed by atoms with Crippen LogP contribution in [-0.4, -0.2) is 30.3 Å². The summed E-state index contributed by atoms with van der Waals surface area (Å²) in [5.41, 5.74) is 1.15. The van der Waals surface area contributed by atoms with Crippen molar-refractivity contribution in [3.05, 3.63) is 86.9 Å². The van der Waals surface area contributed by atoms with Gasteiger partial charge in [0.2, 0.25) is 0 Å². The standard InChI is InChI=1S/C24H20ClF3N4O5/c1-2-36-21-11-15(10-18(25)23(21)37-14-22(33)30-17-6-4-3-5-7-17)13-29-31-19-9-8-16(24(26,27)28)12-20(19)32(34)35/h3-13,31H,2,14H2,1H3,(H,30,33)/b29-13-. The molecule has 0 aliphatic rings. The maximum atomic E-state index is 12.9. The second-order valence-corrected chi connectivity index (χ2v) is 7.73. The number of nitro benzene ring substituents is 1. The molecule has 3 rings (SSSR count). The van der Waals surface area contributed by atoms with E-state index in [0.717, 1.165) is 6.07 Å². The Balaban J connectivity index is 1.74. The molecule has 0 saturated carbocycles. The number of carbonyl (C=O) groups is 1. The van der Waals surface area contributed by atoms with Gasteiger partial charge in [0.1, 0.15) is 5.69 Å². The summed E-state index contributed by atoms with van der Waals surface area (Å²) in [6.45, 7) is 1.63. The monoisotopic (exact) mass is 536 g/mol. The van der Waals surface area contributed by atoms with Gasteiger partial charge in [-0.05, 0) is 48.9 Å². The molecule has 13 heteroatoms. The van der Waals surface area contributed by atoms with E-state index in [1.54, 1.807) is 31.2 Å². The second-order valence-electron chi connectivity index (χ2n) is 7.32. The highest BCUT2D eigenvalue weighted by Gasteiger charge is 2.33. The van der Waals surface area contributed by atoms with Gasteiger partial charge in [0.05, 0.1) is 28.3 Å². The summed E-state index contributed by atoms with van der Waals surface area (Å²) in [7, 11) is 0. The number of nitro groups is 1. The smallest absolute Gasteiger partial charge is 0.416 e. The van der Waals surface area contributed by atoms with Crippen LogP contribution in [0.5, 0.6) is 11.5 Å². The Morgan fingerprint density at radius 3 is 2.51 bits per heavy atom. The lowest BCUT2D eigenvalue weighted by molar-refractivity contribution is -0.384. The quantitative estimate of drug-likeness (QED) is 0.183. The Morgan fingerprint density at radius 1 is 1.14 bits per heavy atom. The van der Waals surface area contributed by atoms with Crippen LogP contribution in [0, 0.1) is 10.1 Å². The highest BCUT2D eigenvalue weighted by molar-refractivity contribution is 6.32. The highest BCUT2D eigenvalue weighted by atomic mass is 35.5. The largest absolute Gasteiger partial charge is 0.490 e. The fourth-order valence-electron chi connectivity index (χ4n) is 3.05. The Hall–Kier alpha value is -4.32. The second kappa shape index (κ2) is 12.1. The maximum Gasteiger partial charge on any atom is 0.416 e. The van der Waals surface area contributed by atoms with Crippen LogP contribution < -0.4 is 20.2 Å². The van der Waals surface area contributed by atoms with Crippen LogP contribution in [0.15, 0.2) is 65.8 Å². The van der Waals surface area contributed by atoms with Gasteiger partial charge < -0.3 is 14.8 Å². The van der Waals surface area contributed by atoms with Gasteiger partial charge in [-0.3, -0.25) is 20.3 Å². The molecule has 0 aromatic heterocycles. The van der Waals surface area contributed by atoms with Crippen LogP contribution in [0.4, 0.5) is 30.2 Å². The molecule has 0 aliphatic heterocycles. The number of anilines is 2. The van der Waals surface area contributed by atoms with Crippen LogP contribution in [0.2, 0.25) is 5.02 Å². The molecule has 0 fully saturated rings. The van der Waals surface area contributed by atoms with Crippen LogP contribution in [0.1, 0.15) is 18.1 Å². The first-order chi connectivity index (χ1) is 17.6. The van der Waals surface area contributed by atoms with Gasteiger partial charge in [-0.2, -0.15) is 18.3 Å². The Bertz CT molecular complexity index is 1300. The number of nitrogens with zero attached hydrogens (tertiary/aromatic N) is 2. The summed E-state index contributed by atoms with van der Waals surface area (Å²) in [6.07, 6.45) is -3.49. The molecular weight excluding hydrogens is 517 g/mol. The van der Waals surface area contributed by atoms with Crippen LogP contribution in [0.25, 0.3) is 0 Å². The number of benzene rings is 3. The van der Waals surface area contributed by atoms with E-state index in [0.29, 0.717) is 23.4 Å². The Labute approximate surface area is 214 Å². The van der Waals surface area contributed by atoms with Gasteiger partial charge in [0.25, 0.3) is 11.6 Å². The zero-order valence-corrected chi connectivity index (χ0v) is 20.0. The van der Waals surface area contributed by atoms with Crippen molar-refractivity contribution in [2.75, 3.05) is 24.0 Å². The minimum absolute atomic E-state index is 0.0976. The van der Waals surface area contributed by atoms with E-state index in [9.17, 15) is 28.1 Å². The third-order valence-electron chi connectivity index (χ3n) is 4.66. The molecular formula is C24H20ClF3N4O5. The van der Waals surface area contributed by atoms with Gasteiger partial charge in [0.15, 0.2) is 18.1 Å². The average Bonchev–Trinajstić information content (AvgIpc) is 2.83. The molecule has 0 unspecified atom stereocenters. The van der Waals surface area contributed by atoms with Crippen molar-refractivity contribution < 1.29 is 32.4 Å². The number of ether oxygens (including phenoxy) is 2. The van der Waals surface area contributed by atoms with E-state index in [1.165, 1.54) is 18.3 Å². The Morgan fingerprint density at radius 2 is 1.86 bits per heavy atom. The van der Waals surface area contributed by atoms with E-state index in [-0.39, 0.29) is 35.4 Å². The van der Waals surface area contributed by atoms with Crippen molar-refractivity contribution in [3.63, 3.8) is 0 Å². The van der Waals surface area contributed by atoms with Crippen molar-refractivity contribution in [2.24, 2.45) is 5.10 Å². The number of para-hydroxylation sites is 1. The molecule has 9 nitrogen and oxygen atoms in total. The summed E-state index contributed by atoms with van der Waals surface area (Å²) >= 11 is 6.32. The summed E-state index contributed by atoms with van der Waals surface area (Å²) in [5.74, 6) is -0.0858. The molecule has 0 bridgehead atoms. The molecule has 0 heterocycles. The number of hydrogen-bond donors (Lipinski definition) is 2. The van der Waals surface area contributed by atoms with Gasteiger partial charge >= 0.3 is 6.18 Å². The summed E-state index contributed by atoms with van der Waals surface area (Å²) < 4.78 is 49.7. The summed E-state index contributed by atoms with van der Waals surface area (Å²) in [5, 5.41) is 17.8. The molecule has 0 aliphatic carbocycles. The fourth-order valence-corrected chi connectivity index (χ4v) is 3.33. The topological polar surface area (TPSA) is 115 Å². The number of amides is 1. The van der Waals surface area contributed by atoms with Crippen molar-refractivity contribution in [1.82, 2.24) is 0 Å². The first kappa shape index (κ1) is 27.3. The summed E-state index contributed by atoms with van der Waals surface area (Å²) in [4.78, 5) is 22.5. The van der Waals surface area contributed by atoms with Crippen LogP contribution in [0.3, 0.4) is 0 Å². The van der Waals surface area contributed by atoms with E-state index in [2.05, 4.69) is 15.8 Å². The fraction of sp³-hybridized carbons (Fsp3) is 0.167. The number of nitrogens with one attached hydrogen (secondary N) is 2. The zero-order valence-electron chi connectivity index (χ0n) is 19.2. The lowest BCUT2D eigenvalue weighted by Gasteiger charge is -2.14.